The molecule has 1 heterocycles. The SMILES string of the molecule is CCCNC(CC1Cc2ccccc21)c1ccnc(C)c1. The van der Waals surface area contributed by atoms with Crippen LogP contribution in [0.3, 0.4) is 0 Å². The van der Waals surface area contributed by atoms with Crippen LogP contribution in [0.5, 0.6) is 0 Å². The summed E-state index contributed by atoms with van der Waals surface area (Å²) in [5.74, 6) is 0.698. The highest BCUT2D eigenvalue weighted by Crippen LogP contribution is 2.40. The Kier molecular flexibility index (Phi) is 4.35. The minimum Gasteiger partial charge on any atom is -0.310 e. The van der Waals surface area contributed by atoms with Gasteiger partial charge < -0.3 is 5.32 Å². The number of aromatic nitrogens is 1. The van der Waals surface area contributed by atoms with E-state index in [-0.39, 0.29) is 0 Å². The predicted octanol–water partition coefficient (Wildman–Crippen LogP) is 4.16. The average molecular weight is 280 g/mol. The van der Waals surface area contributed by atoms with Crippen molar-refractivity contribution in [3.8, 4) is 0 Å². The van der Waals surface area contributed by atoms with Gasteiger partial charge in [-0.1, -0.05) is 31.2 Å². The van der Waals surface area contributed by atoms with Crippen LogP contribution < -0.4 is 5.32 Å². The van der Waals surface area contributed by atoms with Crippen molar-refractivity contribution in [2.75, 3.05) is 6.54 Å². The molecule has 1 aromatic carbocycles. The Bertz CT molecular complexity index is 606. The molecule has 1 aliphatic rings. The zero-order valence-electron chi connectivity index (χ0n) is 13.0. The van der Waals surface area contributed by atoms with Crippen LogP contribution in [0.15, 0.2) is 42.6 Å². The molecule has 0 bridgehead atoms. The second kappa shape index (κ2) is 6.40. The van der Waals surface area contributed by atoms with Crippen molar-refractivity contribution in [2.45, 2.75) is 45.1 Å². The van der Waals surface area contributed by atoms with Crippen molar-refractivity contribution in [2.24, 2.45) is 0 Å². The van der Waals surface area contributed by atoms with Gasteiger partial charge in [0.2, 0.25) is 0 Å². The predicted molar refractivity (Wildman–Crippen MR) is 87.5 cm³/mol. The van der Waals surface area contributed by atoms with E-state index in [0.29, 0.717) is 12.0 Å². The third kappa shape index (κ3) is 3.16. The zero-order valence-corrected chi connectivity index (χ0v) is 13.0. The van der Waals surface area contributed by atoms with E-state index in [0.717, 1.165) is 12.2 Å². The summed E-state index contributed by atoms with van der Waals surface area (Å²) in [6.07, 6.45) is 5.51. The fraction of sp³-hybridized carbons (Fsp3) is 0.421. The summed E-state index contributed by atoms with van der Waals surface area (Å²) in [6.45, 7) is 5.36. The van der Waals surface area contributed by atoms with Crippen LogP contribution >= 0.6 is 0 Å². The molecule has 2 aromatic rings. The summed E-state index contributed by atoms with van der Waals surface area (Å²) in [5.41, 5.74) is 5.55. The fourth-order valence-electron chi connectivity index (χ4n) is 3.30. The molecule has 0 saturated heterocycles. The van der Waals surface area contributed by atoms with E-state index < -0.39 is 0 Å². The summed E-state index contributed by atoms with van der Waals surface area (Å²) in [5, 5.41) is 3.72. The van der Waals surface area contributed by atoms with Gasteiger partial charge in [0.1, 0.15) is 0 Å². The van der Waals surface area contributed by atoms with E-state index in [9.17, 15) is 0 Å². The zero-order chi connectivity index (χ0) is 14.7. The van der Waals surface area contributed by atoms with Crippen LogP contribution in [-0.2, 0) is 6.42 Å². The van der Waals surface area contributed by atoms with Gasteiger partial charge in [-0.3, -0.25) is 4.98 Å². The number of aryl methyl sites for hydroxylation is 1. The molecule has 0 aliphatic heterocycles. The molecule has 1 aliphatic carbocycles. The lowest BCUT2D eigenvalue weighted by molar-refractivity contribution is 0.428. The molecule has 1 aromatic heterocycles. The summed E-state index contributed by atoms with van der Waals surface area (Å²) < 4.78 is 0. The average Bonchev–Trinajstić information content (AvgIpc) is 2.48. The van der Waals surface area contributed by atoms with Gasteiger partial charge in [-0.05, 0) is 67.5 Å². The number of nitrogens with one attached hydrogen (secondary N) is 1. The summed E-state index contributed by atoms with van der Waals surface area (Å²) in [6, 6.07) is 13.7. The largest absolute Gasteiger partial charge is 0.310 e. The first-order valence-corrected chi connectivity index (χ1v) is 8.01. The molecule has 0 amide bonds. The van der Waals surface area contributed by atoms with Gasteiger partial charge >= 0.3 is 0 Å². The van der Waals surface area contributed by atoms with Gasteiger partial charge in [0, 0.05) is 17.9 Å². The number of hydrogen-bond acceptors (Lipinski definition) is 2. The smallest absolute Gasteiger partial charge is 0.0375 e. The standard InChI is InChI=1S/C19H24N2/c1-3-9-21-19(16-8-10-20-14(2)11-16)13-17-12-15-6-4-5-7-18(15)17/h4-8,10-11,17,19,21H,3,9,12-13H2,1-2H3. The Hall–Kier alpha value is -1.67. The molecular weight excluding hydrogens is 256 g/mol. The lowest BCUT2D eigenvalue weighted by Crippen LogP contribution is -2.27. The van der Waals surface area contributed by atoms with Gasteiger partial charge in [-0.2, -0.15) is 0 Å². The van der Waals surface area contributed by atoms with Crippen molar-refractivity contribution >= 4 is 0 Å². The molecule has 21 heavy (non-hydrogen) atoms. The monoisotopic (exact) mass is 280 g/mol. The molecule has 1 N–H and O–H groups in total. The first-order chi connectivity index (χ1) is 10.3. The molecule has 0 radical (unpaired) electrons. The topological polar surface area (TPSA) is 24.9 Å². The lowest BCUT2D eigenvalue weighted by Gasteiger charge is -2.33. The van der Waals surface area contributed by atoms with Gasteiger partial charge in [0.15, 0.2) is 0 Å². The maximum Gasteiger partial charge on any atom is 0.0375 e. The van der Waals surface area contributed by atoms with Gasteiger partial charge in [0.05, 0.1) is 0 Å². The summed E-state index contributed by atoms with van der Waals surface area (Å²) in [4.78, 5) is 4.32. The van der Waals surface area contributed by atoms with E-state index in [2.05, 4.69) is 60.5 Å². The molecule has 110 valence electrons. The van der Waals surface area contributed by atoms with Crippen molar-refractivity contribution in [3.63, 3.8) is 0 Å². The molecule has 2 heteroatoms. The van der Waals surface area contributed by atoms with Gasteiger partial charge in [0.25, 0.3) is 0 Å². The number of nitrogens with zero attached hydrogens (tertiary/aromatic N) is 1. The van der Waals surface area contributed by atoms with Crippen molar-refractivity contribution in [1.29, 1.82) is 0 Å². The molecule has 2 atom stereocenters. The number of fused-ring (bicyclic) bond motifs is 1. The minimum atomic E-state index is 0.435. The van der Waals surface area contributed by atoms with Crippen LogP contribution in [0.25, 0.3) is 0 Å². The van der Waals surface area contributed by atoms with Crippen LogP contribution in [0, 0.1) is 6.92 Å². The Morgan fingerprint density at radius 1 is 1.29 bits per heavy atom. The van der Waals surface area contributed by atoms with Crippen molar-refractivity contribution in [3.05, 3.63) is 65.0 Å². The lowest BCUT2D eigenvalue weighted by atomic mass is 9.74. The van der Waals surface area contributed by atoms with E-state index in [1.54, 1.807) is 5.56 Å². The first kappa shape index (κ1) is 14.3. The molecule has 0 spiro atoms. The Balaban J connectivity index is 1.75. The quantitative estimate of drug-likeness (QED) is 0.859. The van der Waals surface area contributed by atoms with E-state index >= 15 is 0 Å². The van der Waals surface area contributed by atoms with E-state index in [1.807, 2.05) is 6.20 Å². The molecule has 0 fully saturated rings. The molecule has 3 rings (SSSR count). The van der Waals surface area contributed by atoms with Crippen LogP contribution in [0.2, 0.25) is 0 Å². The molecule has 0 saturated carbocycles. The maximum atomic E-state index is 4.32. The Labute approximate surface area is 127 Å². The second-order valence-electron chi connectivity index (χ2n) is 6.07. The third-order valence-corrected chi connectivity index (χ3v) is 4.45. The summed E-state index contributed by atoms with van der Waals surface area (Å²) in [7, 11) is 0. The molecular formula is C19H24N2. The first-order valence-electron chi connectivity index (χ1n) is 8.01. The maximum absolute atomic E-state index is 4.32. The fourth-order valence-corrected chi connectivity index (χ4v) is 3.30. The molecule has 2 nitrogen and oxygen atoms in total. The third-order valence-electron chi connectivity index (χ3n) is 4.45. The number of hydrogen-bond donors (Lipinski definition) is 1. The summed E-state index contributed by atoms with van der Waals surface area (Å²) >= 11 is 0. The minimum absolute atomic E-state index is 0.435. The van der Waals surface area contributed by atoms with Crippen LogP contribution in [-0.4, -0.2) is 11.5 Å². The van der Waals surface area contributed by atoms with Crippen molar-refractivity contribution < 1.29 is 0 Å². The van der Waals surface area contributed by atoms with Gasteiger partial charge in [-0.25, -0.2) is 0 Å². The second-order valence-corrected chi connectivity index (χ2v) is 6.07. The van der Waals surface area contributed by atoms with E-state index in [4.69, 9.17) is 0 Å². The highest BCUT2D eigenvalue weighted by Gasteiger charge is 2.28. The highest BCUT2D eigenvalue weighted by molar-refractivity contribution is 5.40. The van der Waals surface area contributed by atoms with Crippen LogP contribution in [0.1, 0.15) is 54.1 Å². The normalized spacial score (nSPS) is 17.9. The number of rotatable bonds is 6. The highest BCUT2D eigenvalue weighted by atomic mass is 14.9. The number of pyridine rings is 1. The Morgan fingerprint density at radius 3 is 2.90 bits per heavy atom. The van der Waals surface area contributed by atoms with Crippen molar-refractivity contribution in [1.82, 2.24) is 10.3 Å². The van der Waals surface area contributed by atoms with Crippen LogP contribution in [0.4, 0.5) is 0 Å². The number of benzene rings is 1. The van der Waals surface area contributed by atoms with Gasteiger partial charge in [-0.15, -0.1) is 0 Å². The Morgan fingerprint density at radius 2 is 2.14 bits per heavy atom. The molecule has 2 unspecified atom stereocenters. The van der Waals surface area contributed by atoms with E-state index in [1.165, 1.54) is 30.4 Å².